The number of benzene rings is 2. The van der Waals surface area contributed by atoms with E-state index < -0.39 is 11.9 Å². The zero-order valence-electron chi connectivity index (χ0n) is 10.7. The molecule has 0 bridgehead atoms. The van der Waals surface area contributed by atoms with Gasteiger partial charge >= 0.3 is 0 Å². The highest BCUT2D eigenvalue weighted by Gasteiger charge is 2.23. The van der Waals surface area contributed by atoms with Gasteiger partial charge in [-0.05, 0) is 24.3 Å². The minimum atomic E-state index is -0.706. The smallest absolute Gasteiger partial charge is 0.152 e. The van der Waals surface area contributed by atoms with Gasteiger partial charge in [-0.3, -0.25) is 5.84 Å². The Morgan fingerprint density at radius 2 is 1.81 bits per heavy atom. The Morgan fingerprint density at radius 3 is 2.48 bits per heavy atom. The molecule has 1 atom stereocenters. The summed E-state index contributed by atoms with van der Waals surface area (Å²) in [7, 11) is 0. The molecule has 0 amide bonds. The predicted octanol–water partition coefficient (Wildman–Crippen LogP) is 4.43. The van der Waals surface area contributed by atoms with Crippen LogP contribution in [0, 0.1) is 5.82 Å². The highest BCUT2D eigenvalue weighted by Crippen LogP contribution is 2.35. The average molecular weight is 325 g/mol. The van der Waals surface area contributed by atoms with E-state index in [0.717, 1.165) is 5.39 Å². The van der Waals surface area contributed by atoms with E-state index >= 15 is 0 Å². The molecule has 0 spiro atoms. The number of hydrazine groups is 1. The minimum Gasteiger partial charge on any atom is -0.457 e. The summed E-state index contributed by atoms with van der Waals surface area (Å²) < 4.78 is 19.8. The third-order valence-corrected chi connectivity index (χ3v) is 3.88. The van der Waals surface area contributed by atoms with E-state index in [9.17, 15) is 4.39 Å². The van der Waals surface area contributed by atoms with Crippen molar-refractivity contribution in [1.29, 1.82) is 0 Å². The van der Waals surface area contributed by atoms with Gasteiger partial charge in [0.25, 0.3) is 0 Å². The van der Waals surface area contributed by atoms with Gasteiger partial charge in [0.05, 0.1) is 5.02 Å². The third kappa shape index (κ3) is 2.51. The lowest BCUT2D eigenvalue weighted by Crippen LogP contribution is -2.29. The van der Waals surface area contributed by atoms with E-state index in [1.165, 1.54) is 12.1 Å². The first-order valence-corrected chi connectivity index (χ1v) is 6.95. The lowest BCUT2D eigenvalue weighted by Gasteiger charge is -2.16. The van der Waals surface area contributed by atoms with Gasteiger partial charge in [-0.1, -0.05) is 41.4 Å². The van der Waals surface area contributed by atoms with Gasteiger partial charge in [0.2, 0.25) is 0 Å². The minimum absolute atomic E-state index is 0.233. The summed E-state index contributed by atoms with van der Waals surface area (Å²) in [6.45, 7) is 0. The van der Waals surface area contributed by atoms with Gasteiger partial charge in [-0.2, -0.15) is 0 Å². The van der Waals surface area contributed by atoms with Crippen LogP contribution in [0.5, 0.6) is 0 Å². The third-order valence-electron chi connectivity index (χ3n) is 3.25. The van der Waals surface area contributed by atoms with E-state index in [0.29, 0.717) is 16.4 Å². The summed E-state index contributed by atoms with van der Waals surface area (Å²) in [5.74, 6) is 5.54. The van der Waals surface area contributed by atoms with Crippen LogP contribution in [-0.2, 0) is 0 Å². The fourth-order valence-corrected chi connectivity index (χ4v) is 2.78. The SMILES string of the molecule is NNC(c1cc2cccc(Cl)c2o1)c1c(F)cccc1Cl. The summed E-state index contributed by atoms with van der Waals surface area (Å²) in [5, 5.41) is 1.56. The first-order chi connectivity index (χ1) is 10.1. The Bertz CT molecular complexity index is 783. The predicted molar refractivity (Wildman–Crippen MR) is 81.8 cm³/mol. The van der Waals surface area contributed by atoms with Crippen molar-refractivity contribution in [1.82, 2.24) is 5.43 Å². The molecule has 1 aromatic heterocycles. The van der Waals surface area contributed by atoms with Crippen molar-refractivity contribution >= 4 is 34.2 Å². The lowest BCUT2D eigenvalue weighted by atomic mass is 10.0. The summed E-state index contributed by atoms with van der Waals surface area (Å²) in [6.07, 6.45) is 0. The van der Waals surface area contributed by atoms with Crippen LogP contribution in [0.25, 0.3) is 11.0 Å². The van der Waals surface area contributed by atoms with E-state index in [4.69, 9.17) is 33.5 Å². The monoisotopic (exact) mass is 324 g/mol. The van der Waals surface area contributed by atoms with E-state index in [1.54, 1.807) is 18.2 Å². The number of nitrogens with two attached hydrogens (primary N) is 1. The summed E-state index contributed by atoms with van der Waals surface area (Å²) in [4.78, 5) is 0. The maximum atomic E-state index is 14.1. The normalized spacial score (nSPS) is 12.8. The van der Waals surface area contributed by atoms with Crippen LogP contribution in [0.15, 0.2) is 46.9 Å². The number of nitrogens with one attached hydrogen (secondary N) is 1. The van der Waals surface area contributed by atoms with Crippen LogP contribution >= 0.6 is 23.2 Å². The highest BCUT2D eigenvalue weighted by atomic mass is 35.5. The van der Waals surface area contributed by atoms with Gasteiger partial charge in [-0.15, -0.1) is 0 Å². The van der Waals surface area contributed by atoms with Crippen molar-refractivity contribution in [3.05, 3.63) is 69.7 Å². The molecule has 21 heavy (non-hydrogen) atoms. The number of rotatable bonds is 3. The molecule has 1 heterocycles. The van der Waals surface area contributed by atoms with Crippen molar-refractivity contribution in [3.63, 3.8) is 0 Å². The van der Waals surface area contributed by atoms with Crippen LogP contribution < -0.4 is 11.3 Å². The second-order valence-corrected chi connectivity index (χ2v) is 5.36. The number of hydrogen-bond donors (Lipinski definition) is 2. The quantitative estimate of drug-likeness (QED) is 0.553. The van der Waals surface area contributed by atoms with Crippen molar-refractivity contribution in [3.8, 4) is 0 Å². The maximum absolute atomic E-state index is 14.1. The molecule has 0 radical (unpaired) electrons. The van der Waals surface area contributed by atoms with Crippen molar-refractivity contribution in [2.75, 3.05) is 0 Å². The van der Waals surface area contributed by atoms with Crippen molar-refractivity contribution in [2.24, 2.45) is 5.84 Å². The van der Waals surface area contributed by atoms with Crippen molar-refractivity contribution < 1.29 is 8.81 Å². The summed E-state index contributed by atoms with van der Waals surface area (Å²) in [6, 6.07) is 10.9. The van der Waals surface area contributed by atoms with Gasteiger partial charge < -0.3 is 4.42 Å². The van der Waals surface area contributed by atoms with E-state index in [1.807, 2.05) is 12.1 Å². The zero-order valence-corrected chi connectivity index (χ0v) is 12.3. The molecule has 108 valence electrons. The summed E-state index contributed by atoms with van der Waals surface area (Å²) in [5.41, 5.74) is 3.30. The molecule has 0 saturated heterocycles. The molecule has 3 rings (SSSR count). The average Bonchev–Trinajstić information content (AvgIpc) is 2.88. The highest BCUT2D eigenvalue weighted by molar-refractivity contribution is 6.34. The van der Waals surface area contributed by atoms with Crippen LogP contribution in [0.2, 0.25) is 10.0 Å². The second kappa shape index (κ2) is 5.66. The zero-order chi connectivity index (χ0) is 15.0. The topological polar surface area (TPSA) is 51.2 Å². The number of para-hydroxylation sites is 1. The van der Waals surface area contributed by atoms with Crippen LogP contribution in [-0.4, -0.2) is 0 Å². The fraction of sp³-hybridized carbons (Fsp3) is 0.0667. The van der Waals surface area contributed by atoms with Crippen molar-refractivity contribution in [2.45, 2.75) is 6.04 Å². The molecular formula is C15H11Cl2FN2O. The van der Waals surface area contributed by atoms with Crippen LogP contribution in [0.1, 0.15) is 17.4 Å². The molecule has 3 N–H and O–H groups in total. The van der Waals surface area contributed by atoms with Gasteiger partial charge in [-0.25, -0.2) is 9.82 Å². The molecule has 0 aliphatic heterocycles. The lowest BCUT2D eigenvalue weighted by molar-refractivity contribution is 0.463. The Balaban J connectivity index is 2.16. The summed E-state index contributed by atoms with van der Waals surface area (Å²) >= 11 is 12.2. The molecule has 0 aliphatic carbocycles. The molecule has 2 aromatic carbocycles. The first-order valence-electron chi connectivity index (χ1n) is 6.20. The fourth-order valence-electron chi connectivity index (χ4n) is 2.28. The molecule has 6 heteroatoms. The van der Waals surface area contributed by atoms with Gasteiger partial charge in [0, 0.05) is 16.0 Å². The van der Waals surface area contributed by atoms with Crippen LogP contribution in [0.4, 0.5) is 4.39 Å². The second-order valence-electron chi connectivity index (χ2n) is 4.54. The molecule has 3 nitrogen and oxygen atoms in total. The maximum Gasteiger partial charge on any atom is 0.152 e. The largest absolute Gasteiger partial charge is 0.457 e. The Kier molecular flexibility index (Phi) is 3.87. The number of furan rings is 1. The molecule has 0 aliphatic rings. The Morgan fingerprint density at radius 1 is 1.10 bits per heavy atom. The molecular weight excluding hydrogens is 314 g/mol. The Hall–Kier alpha value is -1.59. The Labute approximate surface area is 130 Å². The molecule has 0 saturated carbocycles. The number of halogens is 3. The number of hydrogen-bond acceptors (Lipinski definition) is 3. The van der Waals surface area contributed by atoms with Crippen LogP contribution in [0.3, 0.4) is 0 Å². The molecule has 0 fully saturated rings. The molecule has 1 unspecified atom stereocenters. The standard InChI is InChI=1S/C15H11Cl2FN2O/c16-9-4-2-6-11(18)13(9)14(20-19)12-7-8-3-1-5-10(17)15(8)21-12/h1-7,14,20H,19H2. The number of fused-ring (bicyclic) bond motifs is 1. The molecule has 3 aromatic rings. The first kappa shape index (κ1) is 14.4. The van der Waals surface area contributed by atoms with Gasteiger partial charge in [0.1, 0.15) is 17.6 Å². The van der Waals surface area contributed by atoms with E-state index in [-0.39, 0.29) is 10.6 Å². The van der Waals surface area contributed by atoms with E-state index in [2.05, 4.69) is 5.43 Å². The van der Waals surface area contributed by atoms with Gasteiger partial charge in [0.15, 0.2) is 5.58 Å².